The number of carbonyl (C=O) groups is 1. The fourth-order valence-electron chi connectivity index (χ4n) is 1.41. The molecule has 7 heteroatoms. The van der Waals surface area contributed by atoms with Crippen molar-refractivity contribution in [2.75, 3.05) is 12.8 Å². The first-order valence-electron chi connectivity index (χ1n) is 4.68. The number of methoxy groups -OCH3 is 1. The minimum absolute atomic E-state index is 0.0331. The van der Waals surface area contributed by atoms with Gasteiger partial charge in [-0.2, -0.15) is 0 Å². The van der Waals surface area contributed by atoms with E-state index >= 15 is 0 Å². The molecular formula is C10H11BrF2N2O2. The van der Waals surface area contributed by atoms with Gasteiger partial charge in [0.25, 0.3) is 6.43 Å². The van der Waals surface area contributed by atoms with Crippen molar-refractivity contribution < 1.29 is 18.3 Å². The van der Waals surface area contributed by atoms with Crippen LogP contribution in [0.2, 0.25) is 0 Å². The maximum absolute atomic E-state index is 13.0. The summed E-state index contributed by atoms with van der Waals surface area (Å²) in [6.45, 7) is 0. The van der Waals surface area contributed by atoms with Crippen molar-refractivity contribution in [1.29, 1.82) is 0 Å². The average molecular weight is 309 g/mol. The Morgan fingerprint density at radius 3 is 2.76 bits per heavy atom. The van der Waals surface area contributed by atoms with E-state index in [-0.39, 0.29) is 34.3 Å². The lowest BCUT2D eigenvalue weighted by Gasteiger charge is -2.13. The van der Waals surface area contributed by atoms with E-state index in [4.69, 9.17) is 5.73 Å². The number of anilines is 1. The number of alkyl halides is 3. The number of hydrogen-bond donors (Lipinski definition) is 1. The minimum atomic E-state index is -2.72. The first-order chi connectivity index (χ1) is 8.01. The first-order valence-corrected chi connectivity index (χ1v) is 5.80. The number of nitrogens with zero attached hydrogens (tertiary/aromatic N) is 1. The van der Waals surface area contributed by atoms with Gasteiger partial charge in [-0.1, -0.05) is 15.9 Å². The highest BCUT2D eigenvalue weighted by Gasteiger charge is 2.21. The molecule has 1 aromatic rings. The van der Waals surface area contributed by atoms with Crippen LogP contribution in [0.25, 0.3) is 0 Å². The molecule has 0 aromatic carbocycles. The molecule has 0 aliphatic heterocycles. The van der Waals surface area contributed by atoms with E-state index < -0.39 is 12.4 Å². The second kappa shape index (κ2) is 5.90. The van der Waals surface area contributed by atoms with Gasteiger partial charge in [0.2, 0.25) is 0 Å². The Bertz CT molecular complexity index is 427. The molecule has 2 N–H and O–H groups in total. The topological polar surface area (TPSA) is 65.2 Å². The summed E-state index contributed by atoms with van der Waals surface area (Å²) in [6.07, 6.45) is -1.78. The van der Waals surface area contributed by atoms with Crippen molar-refractivity contribution in [2.24, 2.45) is 0 Å². The molecule has 0 spiro atoms. The third-order valence-electron chi connectivity index (χ3n) is 2.25. The number of nitrogen functional groups attached to an aromatic ring is 1. The smallest absolute Gasteiger partial charge is 0.310 e. The third-order valence-corrected chi connectivity index (χ3v) is 2.81. The van der Waals surface area contributed by atoms with E-state index in [2.05, 4.69) is 25.7 Å². The molecule has 0 saturated heterocycles. The Labute approximate surface area is 105 Å². The molecule has 0 saturated carbocycles. The normalized spacial score (nSPS) is 10.6. The Kier molecular flexibility index (Phi) is 4.80. The summed E-state index contributed by atoms with van der Waals surface area (Å²) in [4.78, 5) is 14.9. The van der Waals surface area contributed by atoms with Crippen LogP contribution >= 0.6 is 15.9 Å². The second-order valence-electron chi connectivity index (χ2n) is 3.25. The number of pyridine rings is 1. The SMILES string of the molecule is COC(=O)Cc1cnc(N)c(CBr)c1C(F)F. The molecule has 0 aliphatic carbocycles. The van der Waals surface area contributed by atoms with Gasteiger partial charge >= 0.3 is 5.97 Å². The number of halogens is 3. The van der Waals surface area contributed by atoms with Gasteiger partial charge in [-0.25, -0.2) is 13.8 Å². The van der Waals surface area contributed by atoms with E-state index in [9.17, 15) is 13.6 Å². The van der Waals surface area contributed by atoms with Gasteiger partial charge in [-0.3, -0.25) is 4.79 Å². The molecule has 0 atom stereocenters. The molecule has 17 heavy (non-hydrogen) atoms. The first kappa shape index (κ1) is 13.8. The molecule has 0 fully saturated rings. The molecule has 1 rings (SSSR count). The van der Waals surface area contributed by atoms with E-state index in [1.54, 1.807) is 0 Å². The maximum atomic E-state index is 13.0. The van der Waals surface area contributed by atoms with E-state index in [1.807, 2.05) is 0 Å². The van der Waals surface area contributed by atoms with Crippen molar-refractivity contribution in [3.05, 3.63) is 22.9 Å². The maximum Gasteiger partial charge on any atom is 0.310 e. The summed E-state index contributed by atoms with van der Waals surface area (Å²) in [5.41, 5.74) is 5.61. The molecule has 0 radical (unpaired) electrons. The van der Waals surface area contributed by atoms with Gasteiger partial charge in [0, 0.05) is 22.7 Å². The van der Waals surface area contributed by atoms with E-state index in [1.165, 1.54) is 13.3 Å². The monoisotopic (exact) mass is 308 g/mol. The van der Waals surface area contributed by atoms with Crippen LogP contribution in [0.4, 0.5) is 14.6 Å². The van der Waals surface area contributed by atoms with Crippen LogP contribution < -0.4 is 5.73 Å². The van der Waals surface area contributed by atoms with Crippen LogP contribution in [0.3, 0.4) is 0 Å². The van der Waals surface area contributed by atoms with E-state index in [0.717, 1.165) is 0 Å². The van der Waals surface area contributed by atoms with Gasteiger partial charge in [-0.05, 0) is 5.56 Å². The summed E-state index contributed by atoms with van der Waals surface area (Å²) >= 11 is 3.08. The molecule has 0 amide bonds. The second-order valence-corrected chi connectivity index (χ2v) is 3.81. The molecule has 0 bridgehead atoms. The fraction of sp³-hybridized carbons (Fsp3) is 0.400. The number of esters is 1. The quantitative estimate of drug-likeness (QED) is 0.684. The van der Waals surface area contributed by atoms with Crippen LogP contribution in [-0.2, 0) is 21.3 Å². The zero-order chi connectivity index (χ0) is 13.0. The van der Waals surface area contributed by atoms with Crippen molar-refractivity contribution in [2.45, 2.75) is 18.2 Å². The average Bonchev–Trinajstić information content (AvgIpc) is 2.30. The predicted octanol–water partition coefficient (Wildman–Crippen LogP) is 2.21. The number of ether oxygens (including phenoxy) is 1. The van der Waals surface area contributed by atoms with Crippen LogP contribution in [0.5, 0.6) is 0 Å². The van der Waals surface area contributed by atoms with Crippen LogP contribution in [0, 0.1) is 0 Å². The highest BCUT2D eigenvalue weighted by atomic mass is 79.9. The summed E-state index contributed by atoms with van der Waals surface area (Å²) in [6, 6.07) is 0. The molecule has 94 valence electrons. The van der Waals surface area contributed by atoms with Crippen molar-refractivity contribution >= 4 is 27.7 Å². The van der Waals surface area contributed by atoms with Crippen molar-refractivity contribution in [3.63, 3.8) is 0 Å². The van der Waals surface area contributed by atoms with Gasteiger partial charge in [0.1, 0.15) is 5.82 Å². The van der Waals surface area contributed by atoms with Gasteiger partial charge < -0.3 is 10.5 Å². The number of carbonyl (C=O) groups excluding carboxylic acids is 1. The van der Waals surface area contributed by atoms with Gasteiger partial charge in [0.05, 0.1) is 13.5 Å². The third kappa shape index (κ3) is 3.12. The Morgan fingerprint density at radius 1 is 1.65 bits per heavy atom. The zero-order valence-corrected chi connectivity index (χ0v) is 10.6. The summed E-state index contributed by atoms with van der Waals surface area (Å²) in [7, 11) is 1.19. The summed E-state index contributed by atoms with van der Waals surface area (Å²) < 4.78 is 30.3. The molecule has 0 aliphatic rings. The number of rotatable bonds is 4. The Hall–Kier alpha value is -1.24. The predicted molar refractivity (Wildman–Crippen MR) is 62.0 cm³/mol. The molecule has 4 nitrogen and oxygen atoms in total. The minimum Gasteiger partial charge on any atom is -0.469 e. The van der Waals surface area contributed by atoms with Crippen molar-refractivity contribution in [3.8, 4) is 0 Å². The van der Waals surface area contributed by atoms with E-state index in [0.29, 0.717) is 0 Å². The van der Waals surface area contributed by atoms with Gasteiger partial charge in [0.15, 0.2) is 0 Å². The lowest BCUT2D eigenvalue weighted by atomic mass is 10.0. The Balaban J connectivity index is 3.25. The number of nitrogens with two attached hydrogens (primary N) is 1. The van der Waals surface area contributed by atoms with Crippen LogP contribution in [-0.4, -0.2) is 18.1 Å². The largest absolute Gasteiger partial charge is 0.469 e. The lowest BCUT2D eigenvalue weighted by molar-refractivity contribution is -0.139. The van der Waals surface area contributed by atoms with Gasteiger partial charge in [-0.15, -0.1) is 0 Å². The highest BCUT2D eigenvalue weighted by molar-refractivity contribution is 9.08. The summed E-state index contributed by atoms with van der Waals surface area (Å²) in [5, 5.41) is 0.153. The fourth-order valence-corrected chi connectivity index (χ4v) is 2.00. The summed E-state index contributed by atoms with van der Waals surface area (Å²) in [5.74, 6) is -0.565. The molecule has 0 unspecified atom stereocenters. The highest BCUT2D eigenvalue weighted by Crippen LogP contribution is 2.31. The molecular weight excluding hydrogens is 298 g/mol. The van der Waals surface area contributed by atoms with Crippen LogP contribution in [0.15, 0.2) is 6.20 Å². The zero-order valence-electron chi connectivity index (χ0n) is 9.04. The Morgan fingerprint density at radius 2 is 2.29 bits per heavy atom. The standard InChI is InChI=1S/C10H11BrF2N2O2/c1-17-7(16)2-5-4-15-10(14)6(3-11)8(5)9(12)13/h4,9H,2-3H2,1H3,(H2,14,15). The molecule has 1 aromatic heterocycles. The lowest BCUT2D eigenvalue weighted by Crippen LogP contribution is -2.11. The number of aromatic nitrogens is 1. The number of hydrogen-bond acceptors (Lipinski definition) is 4. The van der Waals surface area contributed by atoms with Crippen LogP contribution in [0.1, 0.15) is 23.1 Å². The van der Waals surface area contributed by atoms with Crippen molar-refractivity contribution in [1.82, 2.24) is 4.98 Å². The molecule has 1 heterocycles.